The van der Waals surface area contributed by atoms with Crippen LogP contribution in [0.25, 0.3) is 10.8 Å². The molecule has 0 heterocycles. The van der Waals surface area contributed by atoms with Gasteiger partial charge in [0.05, 0.1) is 16.3 Å². The Morgan fingerprint density at radius 1 is 1.05 bits per heavy atom. The summed E-state index contributed by atoms with van der Waals surface area (Å²) in [4.78, 5) is 10.1. The SMILES string of the molecule is C/C(=N/Nc1ccc([N+](=O)[O-])cc1S(=O)(=O)Nc1ccc(Cl)cc1)c1ccc2ccccc2c1OC(F)F. The summed E-state index contributed by atoms with van der Waals surface area (Å²) in [6.45, 7) is -1.58. The summed E-state index contributed by atoms with van der Waals surface area (Å²) in [5, 5.41) is 17.0. The Bertz CT molecular complexity index is 1650. The average molecular weight is 561 g/mol. The lowest BCUT2D eigenvalue weighted by atomic mass is 10.0. The minimum absolute atomic E-state index is 0.0893. The molecule has 4 rings (SSSR count). The van der Waals surface area contributed by atoms with Gasteiger partial charge in [0.1, 0.15) is 10.6 Å². The van der Waals surface area contributed by atoms with Gasteiger partial charge in [-0.2, -0.15) is 13.9 Å². The molecule has 0 bridgehead atoms. The van der Waals surface area contributed by atoms with E-state index < -0.39 is 32.1 Å². The Morgan fingerprint density at radius 2 is 1.76 bits per heavy atom. The fraction of sp³-hybridized carbons (Fsp3) is 0.0800. The fourth-order valence-corrected chi connectivity index (χ4v) is 4.98. The highest BCUT2D eigenvalue weighted by molar-refractivity contribution is 7.92. The number of hydrogen-bond acceptors (Lipinski definition) is 7. The molecule has 0 unspecified atom stereocenters. The molecule has 2 N–H and O–H groups in total. The zero-order valence-electron chi connectivity index (χ0n) is 19.6. The number of nitro groups is 1. The molecule has 38 heavy (non-hydrogen) atoms. The van der Waals surface area contributed by atoms with Gasteiger partial charge < -0.3 is 4.74 Å². The van der Waals surface area contributed by atoms with Crippen molar-refractivity contribution < 1.29 is 26.9 Å². The van der Waals surface area contributed by atoms with Gasteiger partial charge in [-0.15, -0.1) is 0 Å². The number of anilines is 2. The molecule has 13 heteroatoms. The van der Waals surface area contributed by atoms with E-state index in [1.165, 1.54) is 37.3 Å². The van der Waals surface area contributed by atoms with Gasteiger partial charge in [-0.1, -0.05) is 41.9 Å². The standard InChI is InChI=1S/C25H19ClF2N4O5S/c1-15(20-12-6-16-4-2-3-5-21(16)24(20)37-25(27)28)29-30-22-13-11-19(32(33)34)14-23(22)38(35,36)31-18-9-7-17(26)8-10-18/h2-14,25,30-31H,1H3/b29-15-. The lowest BCUT2D eigenvalue weighted by molar-refractivity contribution is -0.385. The van der Waals surface area contributed by atoms with E-state index in [9.17, 15) is 27.3 Å². The number of nitro benzene ring substituents is 1. The normalized spacial score (nSPS) is 12.0. The number of alkyl halides is 2. The molecule has 0 saturated carbocycles. The minimum atomic E-state index is -4.33. The summed E-state index contributed by atoms with van der Waals surface area (Å²) >= 11 is 5.85. The first-order valence-electron chi connectivity index (χ1n) is 10.9. The van der Waals surface area contributed by atoms with Crippen LogP contribution in [0, 0.1) is 10.1 Å². The molecule has 0 aliphatic heterocycles. The summed E-state index contributed by atoms with van der Waals surface area (Å²) in [6, 6.07) is 19.0. The van der Waals surface area contributed by atoms with Gasteiger partial charge in [0.2, 0.25) is 0 Å². The van der Waals surface area contributed by atoms with Crippen molar-refractivity contribution in [3.05, 3.63) is 99.6 Å². The number of halogens is 3. The lowest BCUT2D eigenvalue weighted by Gasteiger charge is -2.15. The molecule has 196 valence electrons. The molecule has 4 aromatic rings. The van der Waals surface area contributed by atoms with Gasteiger partial charge >= 0.3 is 6.61 Å². The number of ether oxygens (including phenoxy) is 1. The number of sulfonamides is 1. The molecule has 0 aliphatic carbocycles. The van der Waals surface area contributed by atoms with Crippen molar-refractivity contribution in [2.24, 2.45) is 5.10 Å². The van der Waals surface area contributed by atoms with E-state index in [0.29, 0.717) is 15.8 Å². The highest BCUT2D eigenvalue weighted by atomic mass is 35.5. The number of benzene rings is 4. The summed E-state index contributed by atoms with van der Waals surface area (Å²) in [5.74, 6) is -0.0953. The van der Waals surface area contributed by atoms with Crippen molar-refractivity contribution >= 4 is 55.2 Å². The van der Waals surface area contributed by atoms with Crippen LogP contribution in [0.4, 0.5) is 25.8 Å². The van der Waals surface area contributed by atoms with Crippen LogP contribution in [0.15, 0.2) is 88.9 Å². The second-order valence-corrected chi connectivity index (χ2v) is 9.99. The monoisotopic (exact) mass is 560 g/mol. The van der Waals surface area contributed by atoms with Crippen LogP contribution in [0.2, 0.25) is 5.02 Å². The second kappa shape index (κ2) is 11.0. The summed E-state index contributed by atoms with van der Waals surface area (Å²) in [7, 11) is -4.33. The van der Waals surface area contributed by atoms with E-state index in [0.717, 1.165) is 12.1 Å². The summed E-state index contributed by atoms with van der Waals surface area (Å²) in [6.07, 6.45) is 0. The molecule has 0 aliphatic rings. The molecule has 0 amide bonds. The Balaban J connectivity index is 1.73. The van der Waals surface area contributed by atoms with Gasteiger partial charge in [-0.05, 0) is 48.7 Å². The topological polar surface area (TPSA) is 123 Å². The van der Waals surface area contributed by atoms with Gasteiger partial charge in [-0.25, -0.2) is 8.42 Å². The maximum atomic E-state index is 13.2. The van der Waals surface area contributed by atoms with E-state index >= 15 is 0 Å². The molecule has 9 nitrogen and oxygen atoms in total. The summed E-state index contributed by atoms with van der Waals surface area (Å²) < 4.78 is 59.9. The first-order chi connectivity index (χ1) is 18.0. The Kier molecular flexibility index (Phi) is 7.74. The van der Waals surface area contributed by atoms with Gasteiger partial charge in [0.15, 0.2) is 0 Å². The van der Waals surface area contributed by atoms with E-state index in [4.69, 9.17) is 16.3 Å². The molecular formula is C25H19ClF2N4O5S. The van der Waals surface area contributed by atoms with Crippen LogP contribution in [0.1, 0.15) is 12.5 Å². The minimum Gasteiger partial charge on any atom is -0.433 e. The third-order valence-electron chi connectivity index (χ3n) is 5.38. The second-order valence-electron chi connectivity index (χ2n) is 7.90. The van der Waals surface area contributed by atoms with Crippen LogP contribution in [0.5, 0.6) is 5.75 Å². The number of hydrogen-bond donors (Lipinski definition) is 2. The largest absolute Gasteiger partial charge is 0.433 e. The Morgan fingerprint density at radius 3 is 2.45 bits per heavy atom. The lowest BCUT2D eigenvalue weighted by Crippen LogP contribution is -2.15. The van der Waals surface area contributed by atoms with Gasteiger partial charge in [0.25, 0.3) is 15.7 Å². The number of hydrazone groups is 1. The van der Waals surface area contributed by atoms with Crippen molar-refractivity contribution in [2.45, 2.75) is 18.4 Å². The van der Waals surface area contributed by atoms with Crippen molar-refractivity contribution in [1.29, 1.82) is 0 Å². The fourth-order valence-electron chi connectivity index (χ4n) is 3.62. The zero-order chi connectivity index (χ0) is 27.4. The van der Waals surface area contributed by atoms with E-state index in [1.807, 2.05) is 0 Å². The number of nitrogens with one attached hydrogen (secondary N) is 2. The Labute approximate surface area is 220 Å². The van der Waals surface area contributed by atoms with Crippen LogP contribution in [-0.4, -0.2) is 25.7 Å². The molecule has 0 saturated heterocycles. The van der Waals surface area contributed by atoms with Crippen LogP contribution >= 0.6 is 11.6 Å². The molecule has 0 radical (unpaired) electrons. The van der Waals surface area contributed by atoms with Crippen molar-refractivity contribution in [1.82, 2.24) is 0 Å². The molecule has 0 spiro atoms. The van der Waals surface area contributed by atoms with Crippen molar-refractivity contribution in [3.8, 4) is 5.75 Å². The zero-order valence-corrected chi connectivity index (χ0v) is 21.1. The predicted molar refractivity (Wildman–Crippen MR) is 142 cm³/mol. The highest BCUT2D eigenvalue weighted by Gasteiger charge is 2.23. The third-order valence-corrected chi connectivity index (χ3v) is 7.06. The van der Waals surface area contributed by atoms with E-state index in [1.54, 1.807) is 36.4 Å². The number of fused-ring (bicyclic) bond motifs is 1. The summed E-state index contributed by atoms with van der Waals surface area (Å²) in [5.41, 5.74) is 2.65. The maximum Gasteiger partial charge on any atom is 0.387 e. The van der Waals surface area contributed by atoms with Gasteiger partial charge in [-0.3, -0.25) is 20.3 Å². The van der Waals surface area contributed by atoms with Crippen LogP contribution in [0.3, 0.4) is 0 Å². The number of rotatable bonds is 9. The van der Waals surface area contributed by atoms with Crippen LogP contribution in [-0.2, 0) is 10.0 Å². The molecule has 4 aromatic carbocycles. The maximum absolute atomic E-state index is 13.2. The first kappa shape index (κ1) is 26.8. The van der Waals surface area contributed by atoms with Crippen LogP contribution < -0.4 is 14.9 Å². The van der Waals surface area contributed by atoms with Crippen molar-refractivity contribution in [3.63, 3.8) is 0 Å². The quantitative estimate of drug-likeness (QED) is 0.134. The van der Waals surface area contributed by atoms with Gasteiger partial charge in [0, 0.05) is 33.8 Å². The van der Waals surface area contributed by atoms with E-state index in [-0.39, 0.29) is 28.4 Å². The van der Waals surface area contributed by atoms with Crippen molar-refractivity contribution in [2.75, 3.05) is 10.1 Å². The van der Waals surface area contributed by atoms with E-state index in [2.05, 4.69) is 15.2 Å². The molecule has 0 aromatic heterocycles. The number of nitrogens with zero attached hydrogens (tertiary/aromatic N) is 2. The average Bonchev–Trinajstić information content (AvgIpc) is 2.88. The predicted octanol–water partition coefficient (Wildman–Crippen LogP) is 6.64. The molecule has 0 atom stereocenters. The number of non-ortho nitro benzene ring substituents is 1. The highest BCUT2D eigenvalue weighted by Crippen LogP contribution is 2.33. The Hall–Kier alpha value is -4.29. The first-order valence-corrected chi connectivity index (χ1v) is 12.8. The smallest absolute Gasteiger partial charge is 0.387 e. The molecule has 0 fully saturated rings. The third kappa shape index (κ3) is 5.98. The molecular weight excluding hydrogens is 542 g/mol.